The Morgan fingerprint density at radius 2 is 0.742 bits per heavy atom. The molecule has 0 saturated carbocycles. The van der Waals surface area contributed by atoms with E-state index in [0.29, 0.717) is 0 Å². The predicted octanol–water partition coefficient (Wildman–Crippen LogP) is 17.9. The first-order valence-corrected chi connectivity index (χ1v) is 22.7. The Labute approximate surface area is 383 Å². The number of anilines is 3. The van der Waals surface area contributed by atoms with E-state index in [1.807, 2.05) is 24.3 Å². The summed E-state index contributed by atoms with van der Waals surface area (Å²) in [4.78, 5) is 2.40. The Morgan fingerprint density at radius 1 is 0.303 bits per heavy atom. The highest BCUT2D eigenvalue weighted by Gasteiger charge is 2.35. The van der Waals surface area contributed by atoms with Crippen molar-refractivity contribution >= 4 is 60.9 Å². The van der Waals surface area contributed by atoms with Crippen LogP contribution < -0.4 is 4.90 Å². The summed E-state index contributed by atoms with van der Waals surface area (Å²) in [5, 5.41) is 4.50. The molecule has 3 heteroatoms. The molecular weight excluding hydrogens is 803 g/mol. The van der Waals surface area contributed by atoms with Gasteiger partial charge in [-0.3, -0.25) is 0 Å². The molecule has 0 saturated heterocycles. The molecule has 2 heterocycles. The first-order chi connectivity index (χ1) is 32.5. The predicted molar refractivity (Wildman–Crippen MR) is 275 cm³/mol. The summed E-state index contributed by atoms with van der Waals surface area (Å²) in [7, 11) is 0. The Balaban J connectivity index is 0.936. The molecule has 0 fully saturated rings. The lowest BCUT2D eigenvalue weighted by molar-refractivity contribution is 0.660. The molecule has 312 valence electrons. The first-order valence-electron chi connectivity index (χ1n) is 22.7. The molecule has 2 aromatic heterocycles. The molecule has 66 heavy (non-hydrogen) atoms. The fraction of sp³-hybridized carbons (Fsp3) is 0.0476. The summed E-state index contributed by atoms with van der Waals surface area (Å²) in [5.74, 6) is 0. The van der Waals surface area contributed by atoms with Crippen molar-refractivity contribution < 1.29 is 8.83 Å². The van der Waals surface area contributed by atoms with Crippen molar-refractivity contribution in [1.29, 1.82) is 0 Å². The maximum absolute atomic E-state index is 6.18. The summed E-state index contributed by atoms with van der Waals surface area (Å²) in [6.45, 7) is 4.68. The van der Waals surface area contributed by atoms with Crippen molar-refractivity contribution in [2.24, 2.45) is 0 Å². The van der Waals surface area contributed by atoms with Gasteiger partial charge in [0.2, 0.25) is 0 Å². The van der Waals surface area contributed by atoms with Gasteiger partial charge in [-0.2, -0.15) is 0 Å². The van der Waals surface area contributed by atoms with E-state index in [1.165, 1.54) is 38.9 Å². The van der Waals surface area contributed by atoms with Crippen LogP contribution in [-0.2, 0) is 5.41 Å². The fourth-order valence-electron chi connectivity index (χ4n) is 10.6. The van der Waals surface area contributed by atoms with Gasteiger partial charge < -0.3 is 13.7 Å². The smallest absolute Gasteiger partial charge is 0.135 e. The van der Waals surface area contributed by atoms with Gasteiger partial charge in [0.15, 0.2) is 0 Å². The standard InChI is InChI=1S/C63H43NO2/c1-63(2)56-19-9-5-15-49(56)53-39-44(27-34-57(53)63)47-13-3-4-14-48(47)50-16-6-10-20-58(50)64(45-30-23-40(24-31-45)42-28-35-61-54(37-42)51-17-7-11-21-59(51)65-61)46-32-25-41(26-33-46)43-29-36-62-55(38-43)52-18-8-12-22-60(52)66-62/h3-39H,1-2H3. The second-order valence-electron chi connectivity index (χ2n) is 18.0. The van der Waals surface area contributed by atoms with Gasteiger partial charge in [0.05, 0.1) is 5.69 Å². The number of para-hydroxylation sites is 3. The number of fused-ring (bicyclic) bond motifs is 9. The Bertz CT molecular complexity index is 3690. The Morgan fingerprint density at radius 3 is 1.35 bits per heavy atom. The summed E-state index contributed by atoms with van der Waals surface area (Å²) >= 11 is 0. The van der Waals surface area contributed by atoms with Gasteiger partial charge in [-0.1, -0.05) is 166 Å². The number of hydrogen-bond donors (Lipinski definition) is 0. The third-order valence-electron chi connectivity index (χ3n) is 13.9. The molecule has 1 aliphatic rings. The van der Waals surface area contributed by atoms with E-state index in [4.69, 9.17) is 8.83 Å². The molecule has 0 atom stereocenters. The topological polar surface area (TPSA) is 29.5 Å². The van der Waals surface area contributed by atoms with E-state index < -0.39 is 0 Å². The van der Waals surface area contributed by atoms with Crippen LogP contribution in [0.1, 0.15) is 25.0 Å². The zero-order chi connectivity index (χ0) is 43.9. The molecule has 12 aromatic rings. The third kappa shape index (κ3) is 6.04. The lowest BCUT2D eigenvalue weighted by Crippen LogP contribution is -2.14. The van der Waals surface area contributed by atoms with Crippen LogP contribution in [0, 0.1) is 0 Å². The van der Waals surface area contributed by atoms with E-state index in [0.717, 1.165) is 88.8 Å². The molecule has 0 radical (unpaired) electrons. The highest BCUT2D eigenvalue weighted by molar-refractivity contribution is 6.07. The van der Waals surface area contributed by atoms with E-state index in [2.05, 4.69) is 219 Å². The number of rotatable bonds is 7. The Hall–Kier alpha value is -8.40. The van der Waals surface area contributed by atoms with Gasteiger partial charge in [-0.25, -0.2) is 0 Å². The minimum absolute atomic E-state index is 0.0526. The molecule has 0 unspecified atom stereocenters. The molecule has 0 amide bonds. The van der Waals surface area contributed by atoms with Crippen LogP contribution in [0.4, 0.5) is 17.1 Å². The molecule has 1 aliphatic carbocycles. The summed E-state index contributed by atoms with van der Waals surface area (Å²) in [6, 6.07) is 81.2. The molecule has 3 nitrogen and oxygen atoms in total. The van der Waals surface area contributed by atoms with Crippen LogP contribution in [0.2, 0.25) is 0 Å². The van der Waals surface area contributed by atoms with Crippen LogP contribution in [0.5, 0.6) is 0 Å². The zero-order valence-corrected chi connectivity index (χ0v) is 36.6. The van der Waals surface area contributed by atoms with E-state index in [9.17, 15) is 0 Å². The van der Waals surface area contributed by atoms with E-state index in [1.54, 1.807) is 0 Å². The van der Waals surface area contributed by atoms with Gasteiger partial charge in [-0.05, 0) is 134 Å². The van der Waals surface area contributed by atoms with Gasteiger partial charge in [0, 0.05) is 43.9 Å². The van der Waals surface area contributed by atoms with Crippen molar-refractivity contribution in [2.45, 2.75) is 19.3 Å². The number of benzene rings is 10. The summed E-state index contributed by atoms with van der Waals surface area (Å²) < 4.78 is 12.4. The van der Waals surface area contributed by atoms with Crippen molar-refractivity contribution in [3.63, 3.8) is 0 Å². The maximum Gasteiger partial charge on any atom is 0.135 e. The summed E-state index contributed by atoms with van der Waals surface area (Å²) in [6.07, 6.45) is 0. The first kappa shape index (κ1) is 38.1. The van der Waals surface area contributed by atoms with E-state index >= 15 is 0 Å². The molecule has 0 spiro atoms. The highest BCUT2D eigenvalue weighted by Crippen LogP contribution is 2.51. The average molecular weight is 846 g/mol. The largest absolute Gasteiger partial charge is 0.456 e. The van der Waals surface area contributed by atoms with Crippen LogP contribution in [0.15, 0.2) is 233 Å². The zero-order valence-electron chi connectivity index (χ0n) is 36.6. The summed E-state index contributed by atoms with van der Waals surface area (Å²) in [5.41, 5.74) is 21.5. The van der Waals surface area contributed by atoms with Crippen LogP contribution >= 0.6 is 0 Å². The molecule has 0 N–H and O–H groups in total. The van der Waals surface area contributed by atoms with Crippen LogP contribution in [0.25, 0.3) is 99.5 Å². The van der Waals surface area contributed by atoms with Gasteiger partial charge in [0.1, 0.15) is 22.3 Å². The van der Waals surface area contributed by atoms with Crippen molar-refractivity contribution in [3.05, 3.63) is 236 Å². The van der Waals surface area contributed by atoms with Gasteiger partial charge in [0.25, 0.3) is 0 Å². The third-order valence-corrected chi connectivity index (χ3v) is 13.9. The SMILES string of the molecule is CC1(C)c2ccccc2-c2cc(-c3ccccc3-c3ccccc3N(c3ccc(-c4ccc5oc6ccccc6c5c4)cc3)c3ccc(-c4ccc5oc6ccccc6c5c4)cc3)ccc21. The van der Waals surface area contributed by atoms with Crippen LogP contribution in [-0.4, -0.2) is 0 Å². The van der Waals surface area contributed by atoms with Gasteiger partial charge >= 0.3 is 0 Å². The minimum Gasteiger partial charge on any atom is -0.456 e. The molecule has 0 bridgehead atoms. The highest BCUT2D eigenvalue weighted by atomic mass is 16.3. The van der Waals surface area contributed by atoms with Gasteiger partial charge in [-0.15, -0.1) is 0 Å². The number of hydrogen-bond acceptors (Lipinski definition) is 3. The number of nitrogens with zero attached hydrogens (tertiary/aromatic N) is 1. The Kier molecular flexibility index (Phi) is 8.56. The normalized spacial score (nSPS) is 12.8. The molecule has 0 aliphatic heterocycles. The molecule has 13 rings (SSSR count). The lowest BCUT2D eigenvalue weighted by atomic mass is 9.82. The van der Waals surface area contributed by atoms with Crippen molar-refractivity contribution in [2.75, 3.05) is 4.90 Å². The molecular formula is C63H43NO2. The van der Waals surface area contributed by atoms with Crippen molar-refractivity contribution in [1.82, 2.24) is 0 Å². The van der Waals surface area contributed by atoms with E-state index in [-0.39, 0.29) is 5.41 Å². The number of furan rings is 2. The maximum atomic E-state index is 6.18. The average Bonchev–Trinajstić information content (AvgIpc) is 4.01. The van der Waals surface area contributed by atoms with Crippen LogP contribution in [0.3, 0.4) is 0 Å². The monoisotopic (exact) mass is 845 g/mol. The quantitative estimate of drug-likeness (QED) is 0.160. The lowest BCUT2D eigenvalue weighted by Gasteiger charge is -2.29. The second kappa shape index (κ2) is 14.8. The molecule has 10 aromatic carbocycles. The van der Waals surface area contributed by atoms with Crippen molar-refractivity contribution in [3.8, 4) is 55.6 Å². The minimum atomic E-state index is -0.0526. The second-order valence-corrected chi connectivity index (χ2v) is 18.0. The fourth-order valence-corrected chi connectivity index (χ4v) is 10.6.